The van der Waals surface area contributed by atoms with Crippen molar-refractivity contribution in [1.29, 1.82) is 0 Å². The van der Waals surface area contributed by atoms with Gasteiger partial charge in [0.25, 0.3) is 0 Å². The zero-order valence-corrected chi connectivity index (χ0v) is 11.7. The molecule has 2 atom stereocenters. The van der Waals surface area contributed by atoms with Gasteiger partial charge in [0, 0.05) is 18.3 Å². The van der Waals surface area contributed by atoms with Crippen LogP contribution in [0.15, 0.2) is 21.8 Å². The average Bonchev–Trinajstić information content (AvgIpc) is 2.81. The van der Waals surface area contributed by atoms with Crippen LogP contribution < -0.4 is 11.1 Å². The molecule has 0 spiro atoms. The molecule has 0 aliphatic carbocycles. The molecule has 2 aliphatic heterocycles. The number of amidine groups is 1. The Morgan fingerprint density at radius 1 is 1.55 bits per heavy atom. The molecule has 0 saturated carbocycles. The van der Waals surface area contributed by atoms with E-state index in [4.69, 9.17) is 5.73 Å². The Bertz CT molecular complexity index is 611. The second kappa shape index (κ2) is 6.09. The SMILES string of the molecule is CCN1C=C(C#CCNC(=O)C(F)(F)F)C2C(N)=NC=NC21. The lowest BCUT2D eigenvalue weighted by atomic mass is 9.98. The maximum atomic E-state index is 12.0. The van der Waals surface area contributed by atoms with Crippen molar-refractivity contribution < 1.29 is 18.0 Å². The summed E-state index contributed by atoms with van der Waals surface area (Å²) in [7, 11) is 0. The molecule has 1 amide bonds. The van der Waals surface area contributed by atoms with Crippen molar-refractivity contribution in [3.8, 4) is 11.8 Å². The fourth-order valence-electron chi connectivity index (χ4n) is 2.18. The first-order valence-electron chi connectivity index (χ1n) is 6.50. The zero-order chi connectivity index (χ0) is 16.3. The van der Waals surface area contributed by atoms with Crippen LogP contribution in [0.2, 0.25) is 0 Å². The van der Waals surface area contributed by atoms with Crippen LogP contribution in [0.5, 0.6) is 0 Å². The smallest absolute Gasteiger partial charge is 0.386 e. The number of halogens is 3. The van der Waals surface area contributed by atoms with Crippen LogP contribution in [-0.2, 0) is 4.79 Å². The molecule has 2 unspecified atom stereocenters. The third kappa shape index (κ3) is 3.21. The summed E-state index contributed by atoms with van der Waals surface area (Å²) in [5.74, 6) is 3.26. The van der Waals surface area contributed by atoms with Gasteiger partial charge in [0.1, 0.15) is 18.3 Å². The van der Waals surface area contributed by atoms with Gasteiger partial charge in [-0.1, -0.05) is 11.8 Å². The minimum Gasteiger partial charge on any atom is -0.386 e. The second-order valence-corrected chi connectivity index (χ2v) is 4.61. The molecule has 2 aliphatic rings. The molecule has 3 N–H and O–H groups in total. The number of carbonyl (C=O) groups is 1. The van der Waals surface area contributed by atoms with Gasteiger partial charge < -0.3 is 16.0 Å². The standard InChI is InChI=1S/C13H14F3N5O/c1-2-21-6-8(9-10(17)19-7-20-11(9)21)4-3-5-18-12(22)13(14,15)16/h6-7,9,11H,2,5H2,1H3,(H,18,22)(H2,17,19,20). The number of nitrogens with zero attached hydrogens (tertiary/aromatic N) is 3. The average molecular weight is 313 g/mol. The molecule has 22 heavy (non-hydrogen) atoms. The molecule has 0 radical (unpaired) electrons. The molecule has 0 aromatic rings. The number of hydrogen-bond donors (Lipinski definition) is 2. The summed E-state index contributed by atoms with van der Waals surface area (Å²) in [6.07, 6.45) is -1.99. The predicted molar refractivity (Wildman–Crippen MR) is 74.7 cm³/mol. The number of nitrogens with one attached hydrogen (secondary N) is 1. The number of aliphatic imine (C=N–C) groups is 2. The van der Waals surface area contributed by atoms with E-state index in [-0.39, 0.29) is 12.1 Å². The fraction of sp³-hybridized carbons (Fsp3) is 0.462. The van der Waals surface area contributed by atoms with Gasteiger partial charge in [0.2, 0.25) is 0 Å². The number of rotatable bonds is 2. The number of hydrogen-bond acceptors (Lipinski definition) is 5. The van der Waals surface area contributed by atoms with Crippen LogP contribution in [0.25, 0.3) is 0 Å². The van der Waals surface area contributed by atoms with E-state index < -0.39 is 18.6 Å². The Morgan fingerprint density at radius 3 is 2.91 bits per heavy atom. The summed E-state index contributed by atoms with van der Waals surface area (Å²) < 4.78 is 36.1. The highest BCUT2D eigenvalue weighted by molar-refractivity contribution is 5.94. The molecule has 2 heterocycles. The molecular weight excluding hydrogens is 299 g/mol. The number of nitrogens with two attached hydrogens (primary N) is 1. The van der Waals surface area contributed by atoms with Gasteiger partial charge in [0.15, 0.2) is 0 Å². The van der Waals surface area contributed by atoms with Gasteiger partial charge in [0.05, 0.1) is 12.5 Å². The third-order valence-electron chi connectivity index (χ3n) is 3.22. The normalized spacial score (nSPS) is 23.2. The van der Waals surface area contributed by atoms with E-state index in [2.05, 4.69) is 21.8 Å². The minimum absolute atomic E-state index is 0.225. The van der Waals surface area contributed by atoms with Crippen LogP contribution >= 0.6 is 0 Å². The summed E-state index contributed by atoms with van der Waals surface area (Å²) in [4.78, 5) is 20.7. The van der Waals surface area contributed by atoms with Gasteiger partial charge in [-0.3, -0.25) is 4.79 Å². The van der Waals surface area contributed by atoms with Crippen LogP contribution in [0, 0.1) is 17.8 Å². The lowest BCUT2D eigenvalue weighted by Gasteiger charge is -2.26. The molecule has 0 fully saturated rings. The van der Waals surface area contributed by atoms with Crippen molar-refractivity contribution in [3.63, 3.8) is 0 Å². The van der Waals surface area contributed by atoms with Gasteiger partial charge in [-0.25, -0.2) is 9.98 Å². The molecule has 0 aromatic carbocycles. The summed E-state index contributed by atoms with van der Waals surface area (Å²) in [5.41, 5.74) is 6.46. The summed E-state index contributed by atoms with van der Waals surface area (Å²) in [6.45, 7) is 2.21. The molecule has 9 heteroatoms. The zero-order valence-electron chi connectivity index (χ0n) is 11.7. The summed E-state index contributed by atoms with van der Waals surface area (Å²) in [5, 5.41) is 1.69. The maximum absolute atomic E-state index is 12.0. The highest BCUT2D eigenvalue weighted by atomic mass is 19.4. The van der Waals surface area contributed by atoms with Crippen molar-refractivity contribution in [2.45, 2.75) is 19.3 Å². The Hall–Kier alpha value is -2.50. The van der Waals surface area contributed by atoms with Gasteiger partial charge in [-0.05, 0) is 6.92 Å². The maximum Gasteiger partial charge on any atom is 0.471 e. The molecule has 0 bridgehead atoms. The molecule has 0 aromatic heterocycles. The summed E-state index contributed by atoms with van der Waals surface area (Å²) >= 11 is 0. The largest absolute Gasteiger partial charge is 0.471 e. The number of amides is 1. The van der Waals surface area contributed by atoms with E-state index in [0.29, 0.717) is 18.0 Å². The summed E-state index contributed by atoms with van der Waals surface area (Å²) in [6, 6.07) is 0. The molecular formula is C13H14F3N5O. The fourth-order valence-corrected chi connectivity index (χ4v) is 2.18. The first-order chi connectivity index (χ1) is 10.3. The van der Waals surface area contributed by atoms with Crippen molar-refractivity contribution in [2.24, 2.45) is 21.6 Å². The lowest BCUT2D eigenvalue weighted by Crippen LogP contribution is -2.40. The van der Waals surface area contributed by atoms with Crippen molar-refractivity contribution in [3.05, 3.63) is 11.8 Å². The van der Waals surface area contributed by atoms with Gasteiger partial charge in [-0.2, -0.15) is 13.2 Å². The first kappa shape index (κ1) is 15.9. The van der Waals surface area contributed by atoms with Crippen molar-refractivity contribution in [2.75, 3.05) is 13.1 Å². The number of fused-ring (bicyclic) bond motifs is 1. The topological polar surface area (TPSA) is 83.1 Å². The minimum atomic E-state index is -4.91. The predicted octanol–water partition coefficient (Wildman–Crippen LogP) is 0.229. The molecule has 6 nitrogen and oxygen atoms in total. The Balaban J connectivity index is 2.04. The lowest BCUT2D eigenvalue weighted by molar-refractivity contribution is -0.173. The number of alkyl halides is 3. The van der Waals surface area contributed by atoms with E-state index in [1.165, 1.54) is 6.34 Å². The molecule has 2 rings (SSSR count). The Labute approximate surface area is 125 Å². The van der Waals surface area contributed by atoms with E-state index in [9.17, 15) is 18.0 Å². The van der Waals surface area contributed by atoms with Crippen LogP contribution in [0.1, 0.15) is 6.92 Å². The van der Waals surface area contributed by atoms with E-state index in [1.54, 1.807) is 11.5 Å². The van der Waals surface area contributed by atoms with Crippen LogP contribution in [0.4, 0.5) is 13.2 Å². The number of carbonyl (C=O) groups excluding carboxylic acids is 1. The second-order valence-electron chi connectivity index (χ2n) is 4.61. The highest BCUT2D eigenvalue weighted by Gasteiger charge is 2.39. The van der Waals surface area contributed by atoms with Crippen LogP contribution in [0.3, 0.4) is 0 Å². The first-order valence-corrected chi connectivity index (χ1v) is 6.50. The Morgan fingerprint density at radius 2 is 2.27 bits per heavy atom. The molecule has 118 valence electrons. The quantitative estimate of drug-likeness (QED) is 0.716. The van der Waals surface area contributed by atoms with E-state index in [0.717, 1.165) is 0 Å². The highest BCUT2D eigenvalue weighted by Crippen LogP contribution is 2.30. The van der Waals surface area contributed by atoms with Crippen molar-refractivity contribution >= 4 is 18.1 Å². The third-order valence-corrected chi connectivity index (χ3v) is 3.22. The van der Waals surface area contributed by atoms with Crippen molar-refractivity contribution in [1.82, 2.24) is 10.2 Å². The monoisotopic (exact) mass is 313 g/mol. The van der Waals surface area contributed by atoms with Crippen LogP contribution in [-0.4, -0.2) is 48.4 Å². The van der Waals surface area contributed by atoms with Gasteiger partial charge in [-0.15, -0.1) is 0 Å². The van der Waals surface area contributed by atoms with E-state index in [1.807, 2.05) is 11.8 Å². The Kier molecular flexibility index (Phi) is 4.40. The van der Waals surface area contributed by atoms with E-state index >= 15 is 0 Å². The van der Waals surface area contributed by atoms with Gasteiger partial charge >= 0.3 is 12.1 Å². The molecule has 0 saturated heterocycles.